The fourth-order valence-electron chi connectivity index (χ4n) is 2.68. The van der Waals surface area contributed by atoms with Gasteiger partial charge in [0.25, 0.3) is 0 Å². The number of hydrogen-bond acceptors (Lipinski definition) is 2. The highest BCUT2D eigenvalue weighted by molar-refractivity contribution is 4.75. The first-order valence-electron chi connectivity index (χ1n) is 7.95. The topological polar surface area (TPSA) is 6.48 Å². The third kappa shape index (κ3) is 5.71. The summed E-state index contributed by atoms with van der Waals surface area (Å²) in [7, 11) is 2.24. The molecule has 1 aliphatic rings. The van der Waals surface area contributed by atoms with Crippen LogP contribution in [0, 0.1) is 11.8 Å². The monoisotopic (exact) mass is 254 g/mol. The van der Waals surface area contributed by atoms with Gasteiger partial charge in [0, 0.05) is 12.6 Å². The van der Waals surface area contributed by atoms with E-state index in [4.69, 9.17) is 0 Å². The van der Waals surface area contributed by atoms with E-state index in [1.54, 1.807) is 0 Å². The summed E-state index contributed by atoms with van der Waals surface area (Å²) in [5, 5.41) is 0. The summed E-state index contributed by atoms with van der Waals surface area (Å²) in [5.74, 6) is 1.85. The Kier molecular flexibility index (Phi) is 7.25. The van der Waals surface area contributed by atoms with E-state index in [0.717, 1.165) is 11.8 Å². The second-order valence-corrected chi connectivity index (χ2v) is 6.62. The molecule has 2 nitrogen and oxygen atoms in total. The first-order valence-corrected chi connectivity index (χ1v) is 7.95. The lowest BCUT2D eigenvalue weighted by Gasteiger charge is -2.24. The summed E-state index contributed by atoms with van der Waals surface area (Å²) in [6.07, 6.45) is 5.52. The van der Waals surface area contributed by atoms with Crippen LogP contribution >= 0.6 is 0 Å². The molecule has 18 heavy (non-hydrogen) atoms. The van der Waals surface area contributed by atoms with Gasteiger partial charge in [0.1, 0.15) is 0 Å². The second-order valence-electron chi connectivity index (χ2n) is 6.62. The summed E-state index contributed by atoms with van der Waals surface area (Å²) in [5.41, 5.74) is 0. The lowest BCUT2D eigenvalue weighted by atomic mass is 10.0. The summed E-state index contributed by atoms with van der Waals surface area (Å²) >= 11 is 0. The molecule has 0 bridgehead atoms. The molecule has 0 N–H and O–H groups in total. The SMILES string of the molecule is CCC1CCN(CCC(C)CCN(C)C(C)C)C1. The summed E-state index contributed by atoms with van der Waals surface area (Å²) in [6.45, 7) is 14.6. The largest absolute Gasteiger partial charge is 0.304 e. The predicted octanol–water partition coefficient (Wildman–Crippen LogP) is 3.47. The van der Waals surface area contributed by atoms with Crippen molar-refractivity contribution in [2.45, 2.75) is 59.4 Å². The fourth-order valence-corrected chi connectivity index (χ4v) is 2.68. The zero-order valence-electron chi connectivity index (χ0n) is 13.3. The number of hydrogen-bond donors (Lipinski definition) is 0. The third-order valence-corrected chi connectivity index (χ3v) is 4.74. The Morgan fingerprint density at radius 1 is 1.22 bits per heavy atom. The van der Waals surface area contributed by atoms with E-state index in [0.29, 0.717) is 6.04 Å². The highest BCUT2D eigenvalue weighted by Crippen LogP contribution is 2.20. The lowest BCUT2D eigenvalue weighted by molar-refractivity contribution is 0.239. The smallest absolute Gasteiger partial charge is 0.00355 e. The maximum absolute atomic E-state index is 2.68. The van der Waals surface area contributed by atoms with Gasteiger partial charge in [-0.05, 0) is 71.6 Å². The number of likely N-dealkylation sites (tertiary alicyclic amines) is 1. The van der Waals surface area contributed by atoms with Gasteiger partial charge >= 0.3 is 0 Å². The van der Waals surface area contributed by atoms with Crippen LogP contribution in [0.2, 0.25) is 0 Å². The molecule has 1 fully saturated rings. The van der Waals surface area contributed by atoms with Crippen molar-refractivity contribution >= 4 is 0 Å². The van der Waals surface area contributed by atoms with E-state index in [2.05, 4.69) is 44.5 Å². The Balaban J connectivity index is 2.08. The minimum absolute atomic E-state index is 0.682. The maximum Gasteiger partial charge on any atom is 0.00355 e. The molecule has 2 atom stereocenters. The number of rotatable bonds is 8. The predicted molar refractivity (Wildman–Crippen MR) is 81.0 cm³/mol. The van der Waals surface area contributed by atoms with Gasteiger partial charge < -0.3 is 9.80 Å². The maximum atomic E-state index is 2.68. The Morgan fingerprint density at radius 3 is 2.50 bits per heavy atom. The molecular weight excluding hydrogens is 220 g/mol. The molecule has 1 heterocycles. The molecule has 0 aromatic rings. The van der Waals surface area contributed by atoms with E-state index in [1.807, 2.05) is 0 Å². The summed E-state index contributed by atoms with van der Waals surface area (Å²) in [6, 6.07) is 0.682. The zero-order valence-corrected chi connectivity index (χ0v) is 13.3. The molecule has 1 aliphatic heterocycles. The molecule has 0 aliphatic carbocycles. The highest BCUT2D eigenvalue weighted by atomic mass is 15.1. The normalized spacial score (nSPS) is 23.2. The average Bonchev–Trinajstić information content (AvgIpc) is 2.81. The molecule has 0 amide bonds. The third-order valence-electron chi connectivity index (χ3n) is 4.74. The van der Waals surface area contributed by atoms with Crippen molar-refractivity contribution in [1.29, 1.82) is 0 Å². The van der Waals surface area contributed by atoms with Gasteiger partial charge in [0.15, 0.2) is 0 Å². The van der Waals surface area contributed by atoms with Crippen molar-refractivity contribution in [1.82, 2.24) is 9.80 Å². The van der Waals surface area contributed by atoms with Gasteiger partial charge in [0.05, 0.1) is 0 Å². The van der Waals surface area contributed by atoms with E-state index in [-0.39, 0.29) is 0 Å². The van der Waals surface area contributed by atoms with Gasteiger partial charge in [0.2, 0.25) is 0 Å². The van der Waals surface area contributed by atoms with Gasteiger partial charge in [-0.2, -0.15) is 0 Å². The Labute approximate surface area is 115 Å². The second kappa shape index (κ2) is 8.16. The van der Waals surface area contributed by atoms with Crippen molar-refractivity contribution < 1.29 is 0 Å². The Morgan fingerprint density at radius 2 is 1.94 bits per heavy atom. The van der Waals surface area contributed by atoms with Crippen LogP contribution in [0.4, 0.5) is 0 Å². The fraction of sp³-hybridized carbons (Fsp3) is 1.00. The molecule has 0 saturated carbocycles. The quantitative estimate of drug-likeness (QED) is 0.654. The lowest BCUT2D eigenvalue weighted by Crippen LogP contribution is -2.29. The van der Waals surface area contributed by atoms with Gasteiger partial charge in [-0.3, -0.25) is 0 Å². The van der Waals surface area contributed by atoms with Crippen LogP contribution in [0.3, 0.4) is 0 Å². The van der Waals surface area contributed by atoms with Gasteiger partial charge in [-0.25, -0.2) is 0 Å². The van der Waals surface area contributed by atoms with Crippen LogP contribution in [0.5, 0.6) is 0 Å². The van der Waals surface area contributed by atoms with Crippen LogP contribution in [-0.4, -0.2) is 49.1 Å². The van der Waals surface area contributed by atoms with Crippen molar-refractivity contribution in [3.05, 3.63) is 0 Å². The molecule has 2 heteroatoms. The highest BCUT2D eigenvalue weighted by Gasteiger charge is 2.20. The Hall–Kier alpha value is -0.0800. The van der Waals surface area contributed by atoms with Crippen molar-refractivity contribution in [3.8, 4) is 0 Å². The zero-order chi connectivity index (χ0) is 13.5. The molecule has 1 saturated heterocycles. The molecule has 2 unspecified atom stereocenters. The molecule has 108 valence electrons. The van der Waals surface area contributed by atoms with E-state index in [1.165, 1.54) is 51.9 Å². The van der Waals surface area contributed by atoms with Crippen LogP contribution in [0.15, 0.2) is 0 Å². The Bertz CT molecular complexity index is 215. The summed E-state index contributed by atoms with van der Waals surface area (Å²) < 4.78 is 0. The van der Waals surface area contributed by atoms with Crippen LogP contribution < -0.4 is 0 Å². The van der Waals surface area contributed by atoms with Crippen molar-refractivity contribution in [2.75, 3.05) is 33.2 Å². The molecule has 0 aromatic carbocycles. The van der Waals surface area contributed by atoms with E-state index >= 15 is 0 Å². The van der Waals surface area contributed by atoms with Gasteiger partial charge in [-0.1, -0.05) is 20.3 Å². The molecular formula is C16H34N2. The minimum Gasteiger partial charge on any atom is -0.304 e. The minimum atomic E-state index is 0.682. The summed E-state index contributed by atoms with van der Waals surface area (Å²) in [4.78, 5) is 5.14. The average molecular weight is 254 g/mol. The van der Waals surface area contributed by atoms with E-state index < -0.39 is 0 Å². The van der Waals surface area contributed by atoms with Crippen LogP contribution in [0.25, 0.3) is 0 Å². The molecule has 0 spiro atoms. The first-order chi connectivity index (χ1) is 8.52. The molecule has 0 radical (unpaired) electrons. The van der Waals surface area contributed by atoms with E-state index in [9.17, 15) is 0 Å². The van der Waals surface area contributed by atoms with Crippen LogP contribution in [0.1, 0.15) is 53.4 Å². The molecule has 1 rings (SSSR count). The first kappa shape index (κ1) is 16.0. The standard InChI is InChI=1S/C16H34N2/c1-6-16-9-12-18(13-16)11-8-15(4)7-10-17(5)14(2)3/h14-16H,6-13H2,1-5H3. The van der Waals surface area contributed by atoms with Crippen LogP contribution in [-0.2, 0) is 0 Å². The van der Waals surface area contributed by atoms with Crippen molar-refractivity contribution in [3.63, 3.8) is 0 Å². The molecule has 0 aromatic heterocycles. The van der Waals surface area contributed by atoms with Gasteiger partial charge in [-0.15, -0.1) is 0 Å². The number of nitrogens with zero attached hydrogens (tertiary/aromatic N) is 2. The van der Waals surface area contributed by atoms with Crippen molar-refractivity contribution in [2.24, 2.45) is 11.8 Å².